The Hall–Kier alpha value is -3.45. The average Bonchev–Trinajstić information content (AvgIpc) is 2.84. The molecule has 3 aromatic rings. The van der Waals surface area contributed by atoms with Crippen molar-refractivity contribution in [3.05, 3.63) is 92.2 Å². The van der Waals surface area contributed by atoms with Gasteiger partial charge in [-0.25, -0.2) is 13.2 Å². The molecule has 0 aromatic heterocycles. The number of ketones is 1. The fourth-order valence-corrected chi connectivity index (χ4v) is 4.44. The highest BCUT2D eigenvalue weighted by Gasteiger charge is 2.73. The van der Waals surface area contributed by atoms with Crippen LogP contribution in [0.2, 0.25) is 10.0 Å². The Kier molecular flexibility index (Phi) is 9.48. The van der Waals surface area contributed by atoms with Gasteiger partial charge in [0.05, 0.1) is 21.8 Å². The number of ether oxygens (including phenoxy) is 1. The fraction of sp³-hybridized carbons (Fsp3) is 0.259. The number of aryl methyl sites for hydroxylation is 1. The van der Waals surface area contributed by atoms with Crippen molar-refractivity contribution < 1.29 is 53.8 Å². The molecule has 1 atom stereocenters. The molecule has 0 saturated carbocycles. The molecule has 3 aromatic carbocycles. The standard InChI is InChI=1S/C27H18Cl2F9NO3/c1-12-6-7-15(18(28)8-12)24(41)39-20-5-3-4-16(23(20)31)21(40)11-17-19(29)9-14(10-22(17)42-13(2)30)25(32,26(33,34)35)27(36,37)38/h3-10,13H,11H2,1-2H3,(H,39,41). The van der Waals surface area contributed by atoms with E-state index in [2.05, 4.69) is 10.1 Å². The van der Waals surface area contributed by atoms with E-state index < -0.39 is 81.5 Å². The molecule has 0 heterocycles. The van der Waals surface area contributed by atoms with Crippen LogP contribution in [0.4, 0.5) is 45.2 Å². The van der Waals surface area contributed by atoms with Crippen molar-refractivity contribution in [1.29, 1.82) is 0 Å². The summed E-state index contributed by atoms with van der Waals surface area (Å²) < 4.78 is 128. The molecule has 42 heavy (non-hydrogen) atoms. The van der Waals surface area contributed by atoms with Gasteiger partial charge in [0.1, 0.15) is 5.75 Å². The first-order valence-electron chi connectivity index (χ1n) is 11.6. The number of halogens is 11. The van der Waals surface area contributed by atoms with Crippen LogP contribution in [0.25, 0.3) is 0 Å². The monoisotopic (exact) mass is 645 g/mol. The number of hydrogen-bond donors (Lipinski definition) is 1. The Bertz CT molecular complexity index is 1510. The molecule has 0 saturated heterocycles. The molecule has 0 aliphatic heterocycles. The second kappa shape index (κ2) is 12.0. The smallest absolute Gasteiger partial charge is 0.435 e. The third-order valence-corrected chi connectivity index (χ3v) is 6.53. The third-order valence-electron chi connectivity index (χ3n) is 5.88. The Morgan fingerprint density at radius 3 is 2.07 bits per heavy atom. The SMILES string of the molecule is Cc1ccc(C(=O)Nc2cccc(C(=O)Cc3c(Cl)cc(C(F)(C(F)(F)F)C(F)(F)F)cc3OC(C)F)c2F)c(Cl)c1. The number of nitrogens with one attached hydrogen (secondary N) is 1. The minimum absolute atomic E-state index is 0.0194. The first kappa shape index (κ1) is 33.1. The lowest BCUT2D eigenvalue weighted by Crippen LogP contribution is -2.50. The lowest BCUT2D eigenvalue weighted by molar-refractivity contribution is -0.348. The van der Waals surface area contributed by atoms with E-state index in [1.165, 1.54) is 18.2 Å². The van der Waals surface area contributed by atoms with E-state index in [1.54, 1.807) is 13.0 Å². The van der Waals surface area contributed by atoms with Crippen LogP contribution in [-0.2, 0) is 12.1 Å². The molecule has 0 fully saturated rings. The molecule has 4 nitrogen and oxygen atoms in total. The molecule has 0 spiro atoms. The molecule has 0 aliphatic carbocycles. The minimum atomic E-state index is -6.51. The number of Topliss-reactive ketones (excluding diaryl/α,β-unsaturated/α-hetero) is 1. The van der Waals surface area contributed by atoms with Crippen molar-refractivity contribution in [2.24, 2.45) is 0 Å². The molecule has 3 rings (SSSR count). The fourth-order valence-electron chi connectivity index (χ4n) is 3.84. The van der Waals surface area contributed by atoms with Gasteiger partial charge in [0.2, 0.25) is 6.36 Å². The largest absolute Gasteiger partial charge is 0.460 e. The number of anilines is 1. The van der Waals surface area contributed by atoms with Crippen LogP contribution in [0.5, 0.6) is 5.75 Å². The van der Waals surface area contributed by atoms with Gasteiger partial charge in [-0.2, -0.15) is 26.3 Å². The third kappa shape index (κ3) is 6.62. The number of hydrogen-bond acceptors (Lipinski definition) is 3. The van der Waals surface area contributed by atoms with Gasteiger partial charge in [-0.1, -0.05) is 35.3 Å². The molecule has 1 amide bonds. The van der Waals surface area contributed by atoms with Crippen molar-refractivity contribution in [2.75, 3.05) is 5.32 Å². The van der Waals surface area contributed by atoms with Crippen molar-refractivity contribution in [3.63, 3.8) is 0 Å². The maximum atomic E-state index is 15.3. The van der Waals surface area contributed by atoms with Crippen LogP contribution in [0.1, 0.15) is 44.3 Å². The maximum absolute atomic E-state index is 15.3. The predicted molar refractivity (Wildman–Crippen MR) is 136 cm³/mol. The average molecular weight is 646 g/mol. The first-order chi connectivity index (χ1) is 19.3. The number of benzene rings is 3. The normalized spacial score (nSPS) is 13.1. The van der Waals surface area contributed by atoms with Gasteiger partial charge in [-0.05, 0) is 48.9 Å². The van der Waals surface area contributed by atoms with Gasteiger partial charge >= 0.3 is 18.0 Å². The summed E-state index contributed by atoms with van der Waals surface area (Å²) in [6, 6.07) is 7.55. The molecule has 1 unspecified atom stereocenters. The van der Waals surface area contributed by atoms with E-state index in [9.17, 15) is 44.7 Å². The zero-order chi connectivity index (χ0) is 31.8. The summed E-state index contributed by atoms with van der Waals surface area (Å²) in [5, 5.41) is 1.28. The van der Waals surface area contributed by atoms with Gasteiger partial charge < -0.3 is 10.1 Å². The summed E-state index contributed by atoms with van der Waals surface area (Å²) in [6.45, 7) is 2.42. The predicted octanol–water partition coefficient (Wildman–Crippen LogP) is 9.10. The van der Waals surface area contributed by atoms with E-state index in [0.717, 1.165) is 17.7 Å². The first-order valence-corrected chi connectivity index (χ1v) is 12.4. The van der Waals surface area contributed by atoms with Crippen LogP contribution in [-0.4, -0.2) is 30.4 Å². The number of carbonyl (C=O) groups excluding carboxylic acids is 2. The second-order valence-electron chi connectivity index (χ2n) is 8.95. The summed E-state index contributed by atoms with van der Waals surface area (Å²) in [7, 11) is 0. The zero-order valence-corrected chi connectivity index (χ0v) is 22.8. The highest BCUT2D eigenvalue weighted by atomic mass is 35.5. The molecule has 15 heteroatoms. The number of rotatable bonds is 8. The van der Waals surface area contributed by atoms with Crippen LogP contribution in [0.3, 0.4) is 0 Å². The highest BCUT2D eigenvalue weighted by molar-refractivity contribution is 6.34. The molecule has 0 radical (unpaired) electrons. The Labute approximate surface area is 242 Å². The molecule has 0 bridgehead atoms. The topological polar surface area (TPSA) is 55.4 Å². The Morgan fingerprint density at radius 2 is 1.52 bits per heavy atom. The molecular formula is C27H18Cl2F9NO3. The van der Waals surface area contributed by atoms with Crippen LogP contribution >= 0.6 is 23.2 Å². The van der Waals surface area contributed by atoms with Crippen molar-refractivity contribution in [3.8, 4) is 5.75 Å². The lowest BCUT2D eigenvalue weighted by atomic mass is 9.91. The molecule has 226 valence electrons. The minimum Gasteiger partial charge on any atom is -0.460 e. The van der Waals surface area contributed by atoms with Crippen molar-refractivity contribution in [1.82, 2.24) is 0 Å². The van der Waals surface area contributed by atoms with E-state index in [1.807, 2.05) is 0 Å². The summed E-state index contributed by atoms with van der Waals surface area (Å²) in [6.07, 6.45) is -16.4. The van der Waals surface area contributed by atoms with Gasteiger partial charge in [-0.15, -0.1) is 0 Å². The molecular weight excluding hydrogens is 628 g/mol. The Balaban J connectivity index is 2.01. The molecule has 0 aliphatic rings. The van der Waals surface area contributed by atoms with Crippen LogP contribution in [0.15, 0.2) is 48.5 Å². The summed E-state index contributed by atoms with van der Waals surface area (Å²) >= 11 is 11.9. The number of alkyl halides is 8. The summed E-state index contributed by atoms with van der Waals surface area (Å²) in [5.74, 6) is -4.36. The van der Waals surface area contributed by atoms with Crippen molar-refractivity contribution >= 4 is 40.6 Å². The number of amides is 1. The lowest BCUT2D eigenvalue weighted by Gasteiger charge is -2.31. The van der Waals surface area contributed by atoms with Gasteiger partial charge in [0.15, 0.2) is 11.6 Å². The Morgan fingerprint density at radius 1 is 0.905 bits per heavy atom. The van der Waals surface area contributed by atoms with E-state index in [-0.39, 0.29) is 22.7 Å². The van der Waals surface area contributed by atoms with E-state index >= 15 is 4.39 Å². The van der Waals surface area contributed by atoms with E-state index in [0.29, 0.717) is 6.92 Å². The summed E-state index contributed by atoms with van der Waals surface area (Å²) in [5.41, 5.74) is -9.10. The van der Waals surface area contributed by atoms with Crippen LogP contribution < -0.4 is 10.1 Å². The van der Waals surface area contributed by atoms with Crippen LogP contribution in [0, 0.1) is 12.7 Å². The van der Waals surface area contributed by atoms with Crippen molar-refractivity contribution in [2.45, 2.75) is 44.6 Å². The van der Waals surface area contributed by atoms with Gasteiger partial charge in [0.25, 0.3) is 5.91 Å². The summed E-state index contributed by atoms with van der Waals surface area (Å²) in [4.78, 5) is 25.6. The second-order valence-corrected chi connectivity index (χ2v) is 9.77. The van der Waals surface area contributed by atoms with Gasteiger partial charge in [0, 0.05) is 29.5 Å². The number of carbonyl (C=O) groups is 2. The highest BCUT2D eigenvalue weighted by Crippen LogP contribution is 2.54. The maximum Gasteiger partial charge on any atom is 0.435 e. The van der Waals surface area contributed by atoms with Gasteiger partial charge in [-0.3, -0.25) is 9.59 Å². The molecule has 1 N–H and O–H groups in total. The quantitative estimate of drug-likeness (QED) is 0.196. The zero-order valence-electron chi connectivity index (χ0n) is 21.3. The van der Waals surface area contributed by atoms with E-state index in [4.69, 9.17) is 23.2 Å².